The molecule has 0 aliphatic carbocycles. The van der Waals surface area contributed by atoms with Crippen molar-refractivity contribution in [1.82, 2.24) is 4.90 Å². The lowest BCUT2D eigenvalue weighted by molar-refractivity contribution is 0.0692. The molecular weight excluding hydrogens is 248 g/mol. The molecule has 2 atom stereocenters. The molecule has 1 aliphatic rings. The van der Waals surface area contributed by atoms with Gasteiger partial charge in [-0.2, -0.15) is 0 Å². The van der Waals surface area contributed by atoms with Crippen molar-refractivity contribution in [2.24, 2.45) is 0 Å². The Labute approximate surface area is 115 Å². The van der Waals surface area contributed by atoms with E-state index in [1.165, 1.54) is 0 Å². The van der Waals surface area contributed by atoms with Crippen LogP contribution in [0.2, 0.25) is 0 Å². The number of halogens is 1. The number of carbonyl (C=O) groups excluding carboxylic acids is 1. The van der Waals surface area contributed by atoms with Crippen molar-refractivity contribution < 1.29 is 4.79 Å². The molecule has 1 aliphatic heterocycles. The van der Waals surface area contributed by atoms with E-state index in [-0.39, 0.29) is 18.3 Å². The Balaban J connectivity index is 0.00000162. The molecule has 1 amide bonds. The Morgan fingerprint density at radius 1 is 1.28 bits per heavy atom. The van der Waals surface area contributed by atoms with Crippen LogP contribution in [0.3, 0.4) is 0 Å². The van der Waals surface area contributed by atoms with E-state index in [4.69, 9.17) is 5.73 Å². The molecule has 1 aromatic rings. The lowest BCUT2D eigenvalue weighted by Gasteiger charge is -2.27. The summed E-state index contributed by atoms with van der Waals surface area (Å²) in [5.74, 6) is 0.118. The van der Waals surface area contributed by atoms with Crippen LogP contribution in [-0.4, -0.2) is 22.9 Å². The van der Waals surface area contributed by atoms with Crippen LogP contribution in [0.25, 0.3) is 0 Å². The molecule has 0 aromatic heterocycles. The first-order valence-electron chi connectivity index (χ1n) is 6.19. The van der Waals surface area contributed by atoms with Gasteiger partial charge in [0.1, 0.15) is 0 Å². The van der Waals surface area contributed by atoms with Crippen LogP contribution in [0.1, 0.15) is 42.6 Å². The van der Waals surface area contributed by atoms with Gasteiger partial charge in [-0.05, 0) is 51.3 Å². The minimum Gasteiger partial charge on any atom is -0.399 e. The molecule has 0 saturated carbocycles. The number of hydrogen-bond acceptors (Lipinski definition) is 2. The van der Waals surface area contributed by atoms with Gasteiger partial charge in [0.25, 0.3) is 5.91 Å². The molecule has 2 N–H and O–H groups in total. The second-order valence-corrected chi connectivity index (χ2v) is 5.06. The first-order valence-corrected chi connectivity index (χ1v) is 6.19. The van der Waals surface area contributed by atoms with Crippen LogP contribution in [0, 0.1) is 6.92 Å². The van der Waals surface area contributed by atoms with Gasteiger partial charge < -0.3 is 10.6 Å². The van der Waals surface area contributed by atoms with E-state index < -0.39 is 0 Å². The third-order valence-corrected chi connectivity index (χ3v) is 3.68. The zero-order valence-electron chi connectivity index (χ0n) is 11.1. The highest BCUT2D eigenvalue weighted by atomic mass is 35.5. The van der Waals surface area contributed by atoms with Gasteiger partial charge in [0.15, 0.2) is 0 Å². The number of hydrogen-bond donors (Lipinski definition) is 1. The van der Waals surface area contributed by atoms with Gasteiger partial charge in [-0.25, -0.2) is 0 Å². The van der Waals surface area contributed by atoms with E-state index in [9.17, 15) is 4.79 Å². The number of nitrogens with two attached hydrogens (primary N) is 1. The van der Waals surface area contributed by atoms with E-state index >= 15 is 0 Å². The predicted molar refractivity (Wildman–Crippen MR) is 77.2 cm³/mol. The summed E-state index contributed by atoms with van der Waals surface area (Å²) >= 11 is 0. The quantitative estimate of drug-likeness (QED) is 0.796. The molecule has 3 nitrogen and oxygen atoms in total. The van der Waals surface area contributed by atoms with Crippen molar-refractivity contribution in [3.05, 3.63) is 29.3 Å². The van der Waals surface area contributed by atoms with Gasteiger partial charge in [0.2, 0.25) is 0 Å². The van der Waals surface area contributed by atoms with E-state index in [2.05, 4.69) is 13.8 Å². The molecule has 1 aromatic carbocycles. The average molecular weight is 269 g/mol. The van der Waals surface area contributed by atoms with E-state index in [1.807, 2.05) is 24.0 Å². The second-order valence-electron chi connectivity index (χ2n) is 5.06. The van der Waals surface area contributed by atoms with E-state index in [0.717, 1.165) is 24.0 Å². The smallest absolute Gasteiger partial charge is 0.254 e. The second kappa shape index (κ2) is 5.61. The fourth-order valence-corrected chi connectivity index (χ4v) is 2.60. The number of likely N-dealkylation sites (tertiary alicyclic amines) is 1. The highest BCUT2D eigenvalue weighted by Crippen LogP contribution is 2.27. The van der Waals surface area contributed by atoms with Gasteiger partial charge >= 0.3 is 0 Å². The molecule has 18 heavy (non-hydrogen) atoms. The number of nitrogen functional groups attached to an aromatic ring is 1. The molecule has 100 valence electrons. The first-order chi connectivity index (χ1) is 8.00. The Kier molecular flexibility index (Phi) is 4.63. The predicted octanol–water partition coefficient (Wildman–Crippen LogP) is 3.01. The van der Waals surface area contributed by atoms with Crippen LogP contribution < -0.4 is 5.73 Å². The Morgan fingerprint density at radius 2 is 1.83 bits per heavy atom. The lowest BCUT2D eigenvalue weighted by atomic mass is 10.1. The Morgan fingerprint density at radius 3 is 2.39 bits per heavy atom. The highest BCUT2D eigenvalue weighted by molar-refractivity contribution is 5.97. The summed E-state index contributed by atoms with van der Waals surface area (Å²) in [4.78, 5) is 14.5. The van der Waals surface area contributed by atoms with Gasteiger partial charge in [-0.1, -0.05) is 6.07 Å². The zero-order valence-corrected chi connectivity index (χ0v) is 12.0. The summed E-state index contributed by atoms with van der Waals surface area (Å²) in [6.45, 7) is 6.18. The fraction of sp³-hybridized carbons (Fsp3) is 0.500. The van der Waals surface area contributed by atoms with Gasteiger partial charge in [-0.15, -0.1) is 12.4 Å². The van der Waals surface area contributed by atoms with Crippen LogP contribution in [0.5, 0.6) is 0 Å². The molecule has 1 saturated heterocycles. The topological polar surface area (TPSA) is 46.3 Å². The Hall–Kier alpha value is -1.22. The fourth-order valence-electron chi connectivity index (χ4n) is 2.60. The number of amides is 1. The Bertz CT molecular complexity index is 437. The van der Waals surface area contributed by atoms with Crippen molar-refractivity contribution in [2.45, 2.75) is 45.7 Å². The van der Waals surface area contributed by atoms with Crippen molar-refractivity contribution in [1.29, 1.82) is 0 Å². The zero-order chi connectivity index (χ0) is 12.6. The lowest BCUT2D eigenvalue weighted by Crippen LogP contribution is -2.38. The minimum absolute atomic E-state index is 0. The minimum atomic E-state index is 0. The summed E-state index contributed by atoms with van der Waals surface area (Å²) in [7, 11) is 0. The van der Waals surface area contributed by atoms with Crippen LogP contribution >= 0.6 is 12.4 Å². The van der Waals surface area contributed by atoms with Crippen LogP contribution in [0.15, 0.2) is 18.2 Å². The number of aryl methyl sites for hydroxylation is 1. The largest absolute Gasteiger partial charge is 0.399 e. The van der Waals surface area contributed by atoms with Crippen LogP contribution in [0.4, 0.5) is 5.69 Å². The summed E-state index contributed by atoms with van der Waals surface area (Å²) in [5.41, 5.74) is 8.15. The van der Waals surface area contributed by atoms with E-state index in [1.54, 1.807) is 6.07 Å². The molecule has 2 unspecified atom stereocenters. The molecule has 1 heterocycles. The van der Waals surface area contributed by atoms with Gasteiger partial charge in [0, 0.05) is 23.3 Å². The molecule has 1 fully saturated rings. The van der Waals surface area contributed by atoms with Crippen molar-refractivity contribution in [3.8, 4) is 0 Å². The van der Waals surface area contributed by atoms with Crippen molar-refractivity contribution in [2.75, 3.05) is 5.73 Å². The third kappa shape index (κ3) is 2.61. The number of rotatable bonds is 1. The van der Waals surface area contributed by atoms with Crippen molar-refractivity contribution >= 4 is 24.0 Å². The normalized spacial score (nSPS) is 22.7. The molecule has 0 radical (unpaired) electrons. The number of anilines is 1. The number of nitrogens with zero attached hydrogens (tertiary/aromatic N) is 1. The first kappa shape index (κ1) is 14.8. The molecule has 0 bridgehead atoms. The van der Waals surface area contributed by atoms with Crippen molar-refractivity contribution in [3.63, 3.8) is 0 Å². The summed E-state index contributed by atoms with van der Waals surface area (Å²) in [6, 6.07) is 6.20. The summed E-state index contributed by atoms with van der Waals surface area (Å²) in [5, 5.41) is 0. The third-order valence-electron chi connectivity index (χ3n) is 3.68. The maximum Gasteiger partial charge on any atom is 0.254 e. The van der Waals surface area contributed by atoms with Gasteiger partial charge in [-0.3, -0.25) is 4.79 Å². The maximum atomic E-state index is 12.5. The maximum absolute atomic E-state index is 12.5. The van der Waals surface area contributed by atoms with Crippen LogP contribution in [-0.2, 0) is 0 Å². The summed E-state index contributed by atoms with van der Waals surface area (Å²) < 4.78 is 0. The highest BCUT2D eigenvalue weighted by Gasteiger charge is 2.32. The standard InChI is InChI=1S/C14H20N2O.ClH/c1-9-4-7-12(15)8-13(9)14(17)16-10(2)5-6-11(16)3;/h4,7-8,10-11H,5-6,15H2,1-3H3;1H. The molecular formula is C14H21ClN2O. The molecule has 4 heteroatoms. The molecule has 2 rings (SSSR count). The SMILES string of the molecule is Cc1ccc(N)cc1C(=O)N1C(C)CCC1C.Cl. The molecule has 0 spiro atoms. The average Bonchev–Trinajstić information content (AvgIpc) is 2.61. The number of benzene rings is 1. The summed E-state index contributed by atoms with van der Waals surface area (Å²) in [6.07, 6.45) is 2.18. The van der Waals surface area contributed by atoms with E-state index in [0.29, 0.717) is 17.8 Å². The van der Waals surface area contributed by atoms with Gasteiger partial charge in [0.05, 0.1) is 0 Å². The number of carbonyl (C=O) groups is 1. The monoisotopic (exact) mass is 268 g/mol.